The largest absolute Gasteiger partial charge is 0.490 e. The number of hydrogen-bond donors (Lipinski definition) is 0. The Morgan fingerprint density at radius 3 is 2.37 bits per heavy atom. The number of rotatable bonds is 9. The molecule has 2 aromatic carbocycles. The number of methoxy groups -OCH3 is 2. The van der Waals surface area contributed by atoms with Crippen molar-refractivity contribution in [2.24, 2.45) is 0 Å². The zero-order chi connectivity index (χ0) is 20.0. The van der Waals surface area contributed by atoms with Crippen LogP contribution >= 0.6 is 38.5 Å². The maximum atomic E-state index is 11.6. The first kappa shape index (κ1) is 22.1. The highest BCUT2D eigenvalue weighted by Gasteiger charge is 2.25. The average Bonchev–Trinajstić information content (AvgIpc) is 2.64. The van der Waals surface area contributed by atoms with E-state index in [2.05, 4.69) is 45.4 Å². The average molecular weight is 551 g/mol. The number of esters is 1. The minimum Gasteiger partial charge on any atom is -0.490 e. The lowest BCUT2D eigenvalue weighted by Gasteiger charge is -2.20. The van der Waals surface area contributed by atoms with Crippen molar-refractivity contribution >= 4 is 55.3 Å². The molecule has 1 unspecified atom stereocenters. The molecule has 7 heteroatoms. The van der Waals surface area contributed by atoms with E-state index in [-0.39, 0.29) is 0 Å². The summed E-state index contributed by atoms with van der Waals surface area (Å²) in [5.74, 6) is 1.25. The van der Waals surface area contributed by atoms with Gasteiger partial charge in [0.1, 0.15) is 0 Å². The fourth-order valence-corrected chi connectivity index (χ4v) is 3.60. The molecule has 0 aliphatic rings. The molecule has 5 nitrogen and oxygen atoms in total. The van der Waals surface area contributed by atoms with Crippen molar-refractivity contribution in [3.63, 3.8) is 0 Å². The monoisotopic (exact) mass is 550 g/mol. The molecule has 0 spiro atoms. The van der Waals surface area contributed by atoms with E-state index in [9.17, 15) is 4.79 Å². The fourth-order valence-electron chi connectivity index (χ4n) is 2.80. The lowest BCUT2D eigenvalue weighted by Crippen LogP contribution is -2.08. The summed E-state index contributed by atoms with van der Waals surface area (Å²) >= 11 is 5.96. The van der Waals surface area contributed by atoms with Gasteiger partial charge in [0.05, 0.1) is 20.8 Å². The van der Waals surface area contributed by atoms with Crippen LogP contribution in [-0.4, -0.2) is 30.7 Å². The molecule has 2 rings (SSSR count). The topological polar surface area (TPSA) is 54.0 Å². The number of carbonyl (C=O) groups excluding carboxylic acids is 1. The molecular formula is C20H24BrIO5. The lowest BCUT2D eigenvalue weighted by atomic mass is 10.1. The first-order valence-corrected chi connectivity index (χ1v) is 10.8. The summed E-state index contributed by atoms with van der Waals surface area (Å²) in [6, 6.07) is 5.67. The van der Waals surface area contributed by atoms with Crippen LogP contribution < -0.4 is 18.9 Å². The molecule has 0 bridgehead atoms. The second-order valence-corrected chi connectivity index (χ2v) is 8.68. The van der Waals surface area contributed by atoms with Crippen molar-refractivity contribution < 1.29 is 23.7 Å². The Morgan fingerprint density at radius 1 is 1.11 bits per heavy atom. The number of halogens is 2. The van der Waals surface area contributed by atoms with E-state index in [4.69, 9.17) is 18.9 Å². The molecule has 0 amide bonds. The number of ether oxygens (including phenoxy) is 4. The van der Waals surface area contributed by atoms with Crippen LogP contribution in [0, 0.1) is 0 Å². The lowest BCUT2D eigenvalue weighted by molar-refractivity contribution is -0.131. The molecule has 0 aliphatic carbocycles. The molecule has 0 aliphatic heterocycles. The third-order valence-corrected chi connectivity index (χ3v) is 6.09. The summed E-state index contributed by atoms with van der Waals surface area (Å²) in [5.41, 5.74) is 0. The summed E-state index contributed by atoms with van der Waals surface area (Å²) in [6.07, 6.45) is 3.17. The van der Waals surface area contributed by atoms with Gasteiger partial charge in [0, 0.05) is 26.1 Å². The van der Waals surface area contributed by atoms with Gasteiger partial charge in [-0.05, 0) is 37.5 Å². The normalized spacial score (nSPS) is 11.9. The highest BCUT2D eigenvalue weighted by atomic mass is 127. The Balaban J connectivity index is 2.53. The predicted octanol–water partition coefficient (Wildman–Crippen LogP) is 5.92. The third-order valence-electron chi connectivity index (χ3n) is 4.09. The van der Waals surface area contributed by atoms with Gasteiger partial charge in [0.25, 0.3) is 0 Å². The van der Waals surface area contributed by atoms with E-state index in [0.29, 0.717) is 33.5 Å². The Morgan fingerprint density at radius 2 is 1.78 bits per heavy atom. The van der Waals surface area contributed by atoms with E-state index in [1.54, 1.807) is 7.11 Å². The highest BCUT2D eigenvalue weighted by Crippen LogP contribution is 2.51. The van der Waals surface area contributed by atoms with E-state index < -0.39 is 5.97 Å². The van der Waals surface area contributed by atoms with E-state index in [1.165, 1.54) is 14.0 Å². The van der Waals surface area contributed by atoms with Crippen molar-refractivity contribution in [2.45, 2.75) is 37.0 Å². The van der Waals surface area contributed by atoms with Crippen LogP contribution in [0.5, 0.6) is 23.0 Å². The standard InChI is InChI=1S/C20H24BrIO5/c1-5-14(22)7-6-10-26-17-16-11-13(21)8-9-15(16)18(27-12(2)23)20(25-4)19(17)24-3/h8-9,11,14H,5-7,10H2,1-4H3. The highest BCUT2D eigenvalue weighted by molar-refractivity contribution is 14.1. The zero-order valence-corrected chi connectivity index (χ0v) is 19.7. The minimum absolute atomic E-state index is 0.329. The first-order chi connectivity index (χ1) is 12.9. The molecule has 0 fully saturated rings. The van der Waals surface area contributed by atoms with Gasteiger partial charge in [0.2, 0.25) is 11.5 Å². The SMILES string of the molecule is CCC(I)CCCOc1c(OC)c(OC)c(OC(C)=O)c2ccc(Br)cc12. The van der Waals surface area contributed by atoms with Gasteiger partial charge in [-0.2, -0.15) is 0 Å². The summed E-state index contributed by atoms with van der Waals surface area (Å²) in [4.78, 5) is 11.6. The number of hydrogen-bond acceptors (Lipinski definition) is 5. The van der Waals surface area contributed by atoms with E-state index >= 15 is 0 Å². The van der Waals surface area contributed by atoms with Gasteiger partial charge < -0.3 is 18.9 Å². The van der Waals surface area contributed by atoms with Crippen LogP contribution in [0.2, 0.25) is 0 Å². The van der Waals surface area contributed by atoms with Crippen LogP contribution in [0.1, 0.15) is 33.1 Å². The molecule has 0 N–H and O–H groups in total. The molecule has 0 radical (unpaired) electrons. The van der Waals surface area contributed by atoms with Gasteiger partial charge in [0.15, 0.2) is 11.5 Å². The second kappa shape index (κ2) is 10.4. The molecule has 0 saturated carbocycles. The van der Waals surface area contributed by atoms with Gasteiger partial charge in [-0.25, -0.2) is 0 Å². The molecule has 27 heavy (non-hydrogen) atoms. The summed E-state index contributed by atoms with van der Waals surface area (Å²) in [7, 11) is 3.06. The number of alkyl halides is 1. The molecule has 148 valence electrons. The van der Waals surface area contributed by atoms with Gasteiger partial charge >= 0.3 is 5.97 Å². The Labute approximate surface area is 182 Å². The summed E-state index contributed by atoms with van der Waals surface area (Å²) in [6.45, 7) is 4.10. The maximum absolute atomic E-state index is 11.6. The van der Waals surface area contributed by atoms with Gasteiger partial charge in [-0.15, -0.1) is 0 Å². The van der Waals surface area contributed by atoms with Gasteiger partial charge in [-0.3, -0.25) is 4.79 Å². The number of carbonyl (C=O) groups is 1. The van der Waals surface area contributed by atoms with Crippen molar-refractivity contribution in [3.05, 3.63) is 22.7 Å². The molecule has 0 aromatic heterocycles. The number of fused-ring (bicyclic) bond motifs is 1. The molecular weight excluding hydrogens is 527 g/mol. The zero-order valence-electron chi connectivity index (χ0n) is 15.9. The second-order valence-electron chi connectivity index (χ2n) is 6.00. The number of benzene rings is 2. The van der Waals surface area contributed by atoms with Crippen molar-refractivity contribution in [1.29, 1.82) is 0 Å². The first-order valence-electron chi connectivity index (χ1n) is 8.75. The predicted molar refractivity (Wildman–Crippen MR) is 119 cm³/mol. The molecule has 0 saturated heterocycles. The van der Waals surface area contributed by atoms with Crippen LogP contribution in [-0.2, 0) is 4.79 Å². The molecule has 0 heterocycles. The van der Waals surface area contributed by atoms with Crippen LogP contribution in [0.15, 0.2) is 22.7 Å². The van der Waals surface area contributed by atoms with Crippen molar-refractivity contribution in [2.75, 3.05) is 20.8 Å². The van der Waals surface area contributed by atoms with Gasteiger partial charge in [-0.1, -0.05) is 45.4 Å². The van der Waals surface area contributed by atoms with E-state index in [1.807, 2.05) is 18.2 Å². The van der Waals surface area contributed by atoms with Crippen LogP contribution in [0.4, 0.5) is 0 Å². The molecule has 1 atom stereocenters. The quantitative estimate of drug-likeness (QED) is 0.128. The molecule has 2 aromatic rings. The Kier molecular flexibility index (Phi) is 8.47. The van der Waals surface area contributed by atoms with Crippen molar-refractivity contribution in [3.8, 4) is 23.0 Å². The summed E-state index contributed by atoms with van der Waals surface area (Å²) < 4.78 is 24.2. The van der Waals surface area contributed by atoms with Crippen LogP contribution in [0.3, 0.4) is 0 Å². The van der Waals surface area contributed by atoms with Crippen molar-refractivity contribution in [1.82, 2.24) is 0 Å². The minimum atomic E-state index is -0.430. The smallest absolute Gasteiger partial charge is 0.308 e. The Bertz CT molecular complexity index is 809. The van der Waals surface area contributed by atoms with E-state index in [0.717, 1.165) is 34.5 Å². The maximum Gasteiger partial charge on any atom is 0.308 e. The fraction of sp³-hybridized carbons (Fsp3) is 0.450. The third kappa shape index (κ3) is 5.40. The summed E-state index contributed by atoms with van der Waals surface area (Å²) in [5, 5.41) is 1.51. The Hall–Kier alpha value is -1.22. The van der Waals surface area contributed by atoms with Crippen LogP contribution in [0.25, 0.3) is 10.8 Å².